The van der Waals surface area contributed by atoms with Crippen LogP contribution in [0.5, 0.6) is 0 Å². The Morgan fingerprint density at radius 1 is 1.16 bits per heavy atom. The van der Waals surface area contributed by atoms with Gasteiger partial charge in [0.2, 0.25) is 0 Å². The minimum atomic E-state index is -1.50. The zero-order valence-electron chi connectivity index (χ0n) is 20.7. The molecule has 2 aliphatic rings. The van der Waals surface area contributed by atoms with E-state index < -0.39 is 11.0 Å². The van der Waals surface area contributed by atoms with Crippen LogP contribution in [0.1, 0.15) is 22.3 Å². The Morgan fingerprint density at radius 2 is 1.97 bits per heavy atom. The highest BCUT2D eigenvalue weighted by molar-refractivity contribution is 7.86. The number of aryl methyl sites for hydroxylation is 1. The maximum absolute atomic E-state index is 13.8. The van der Waals surface area contributed by atoms with Crippen molar-refractivity contribution in [1.29, 1.82) is 0 Å². The molecule has 1 N–H and O–H groups in total. The van der Waals surface area contributed by atoms with Gasteiger partial charge in [0.1, 0.15) is 5.83 Å². The average molecular weight is 517 g/mol. The molecule has 5 rings (SSSR count). The smallest absolute Gasteiger partial charge is 0.253 e. The van der Waals surface area contributed by atoms with Gasteiger partial charge in [-0.2, -0.15) is 0 Å². The van der Waals surface area contributed by atoms with Crippen molar-refractivity contribution >= 4 is 33.5 Å². The number of carbonyl (C=O) groups excluding carboxylic acids is 1. The second kappa shape index (κ2) is 11.2. The highest BCUT2D eigenvalue weighted by Crippen LogP contribution is 2.24. The summed E-state index contributed by atoms with van der Waals surface area (Å²) in [7, 11) is -1.50. The Hall–Kier alpha value is -3.58. The first-order valence-corrected chi connectivity index (χ1v) is 13.5. The molecule has 2 heterocycles. The molecule has 0 bridgehead atoms. The third-order valence-electron chi connectivity index (χ3n) is 6.77. The quantitative estimate of drug-likeness (QED) is 0.468. The molecular weight excluding hydrogens is 487 g/mol. The molecule has 1 aliphatic carbocycles. The summed E-state index contributed by atoms with van der Waals surface area (Å²) in [6.45, 7) is 5.41. The molecule has 3 aromatic rings. The number of pyridine rings is 1. The highest BCUT2D eigenvalue weighted by Gasteiger charge is 2.24. The maximum atomic E-state index is 13.8. The van der Waals surface area contributed by atoms with Crippen molar-refractivity contribution in [3.8, 4) is 0 Å². The number of amides is 1. The van der Waals surface area contributed by atoms with E-state index in [1.54, 1.807) is 24.4 Å². The van der Waals surface area contributed by atoms with Crippen LogP contribution in [-0.4, -0.2) is 57.6 Å². The van der Waals surface area contributed by atoms with Gasteiger partial charge in [0, 0.05) is 67.9 Å². The van der Waals surface area contributed by atoms with Gasteiger partial charge in [-0.05, 0) is 61.0 Å². The van der Waals surface area contributed by atoms with E-state index in [0.717, 1.165) is 30.6 Å². The number of aromatic nitrogens is 1. The van der Waals surface area contributed by atoms with Crippen LogP contribution in [0.2, 0.25) is 0 Å². The first-order chi connectivity index (χ1) is 18.0. The first kappa shape index (κ1) is 25.1. The molecule has 2 unspecified atom stereocenters. The number of fused-ring (bicyclic) bond motifs is 1. The van der Waals surface area contributed by atoms with Crippen LogP contribution in [0.4, 0.5) is 10.1 Å². The summed E-state index contributed by atoms with van der Waals surface area (Å²) < 4.78 is 29.9. The number of rotatable bonds is 6. The molecule has 1 fully saturated rings. The molecule has 2 atom stereocenters. The van der Waals surface area contributed by atoms with Crippen LogP contribution in [0.15, 0.2) is 89.4 Å². The van der Waals surface area contributed by atoms with Gasteiger partial charge >= 0.3 is 0 Å². The van der Waals surface area contributed by atoms with Crippen LogP contribution >= 0.6 is 0 Å². The summed E-state index contributed by atoms with van der Waals surface area (Å²) in [6.07, 6.45) is 7.10. The van der Waals surface area contributed by atoms with Gasteiger partial charge in [-0.3, -0.25) is 14.7 Å². The number of benzene rings is 2. The molecule has 190 valence electrons. The SMILES string of the molecule is Cc1cc(C(=O)N2CCN(CC3C=C=CC=C(F)C3)CC2)ccc1NS(=O)c1cccc2cccnc12. The Labute approximate surface area is 218 Å². The molecule has 2 aromatic carbocycles. The Morgan fingerprint density at radius 3 is 2.78 bits per heavy atom. The molecule has 0 spiro atoms. The topological polar surface area (TPSA) is 65.5 Å². The van der Waals surface area contributed by atoms with Gasteiger partial charge in [0.25, 0.3) is 5.91 Å². The van der Waals surface area contributed by atoms with Crippen LogP contribution < -0.4 is 4.72 Å². The molecule has 1 aliphatic heterocycles. The summed E-state index contributed by atoms with van der Waals surface area (Å²) >= 11 is 0. The molecular formula is C29H29FN4O2S. The van der Waals surface area contributed by atoms with Crippen LogP contribution in [0.3, 0.4) is 0 Å². The van der Waals surface area contributed by atoms with E-state index in [9.17, 15) is 13.4 Å². The van der Waals surface area contributed by atoms with Crippen molar-refractivity contribution < 1.29 is 13.4 Å². The third-order valence-corrected chi connectivity index (χ3v) is 7.91. The van der Waals surface area contributed by atoms with E-state index in [4.69, 9.17) is 0 Å². The lowest BCUT2D eigenvalue weighted by Gasteiger charge is -2.36. The Balaban J connectivity index is 1.20. The predicted molar refractivity (Wildman–Crippen MR) is 145 cm³/mol. The lowest BCUT2D eigenvalue weighted by molar-refractivity contribution is 0.0624. The molecule has 8 heteroatoms. The number of piperazine rings is 1. The zero-order chi connectivity index (χ0) is 25.8. The summed E-state index contributed by atoms with van der Waals surface area (Å²) in [5.74, 6) is -0.0407. The van der Waals surface area contributed by atoms with Gasteiger partial charge < -0.3 is 9.62 Å². The van der Waals surface area contributed by atoms with Crippen molar-refractivity contribution in [2.75, 3.05) is 37.4 Å². The standard InChI is InChI=1S/C29H29FN4O2S/c1-21-18-24(11-12-26(21)32-37(36)27-10-4-7-23-8-5-13-31-28(23)27)29(35)34-16-14-33(15-17-34)20-22-6-2-3-9-25(30)19-22/h3-13,18,22,32H,14-17,19-20H2,1H3. The summed E-state index contributed by atoms with van der Waals surface area (Å²) in [5.41, 5.74) is 5.88. The largest absolute Gasteiger partial charge is 0.336 e. The highest BCUT2D eigenvalue weighted by atomic mass is 32.2. The van der Waals surface area contributed by atoms with E-state index in [1.807, 2.05) is 54.3 Å². The van der Waals surface area contributed by atoms with Crippen LogP contribution in [0.25, 0.3) is 10.9 Å². The number of anilines is 1. The lowest BCUT2D eigenvalue weighted by Crippen LogP contribution is -2.49. The van der Waals surface area contributed by atoms with Crippen molar-refractivity contribution in [2.45, 2.75) is 18.2 Å². The number of allylic oxidation sites excluding steroid dienone is 2. The van der Waals surface area contributed by atoms with Crippen LogP contribution in [0, 0.1) is 12.8 Å². The number of halogens is 1. The summed E-state index contributed by atoms with van der Waals surface area (Å²) in [5, 5.41) is 0.930. The fourth-order valence-electron chi connectivity index (χ4n) is 4.76. The number of carbonyl (C=O) groups is 1. The number of hydrogen-bond acceptors (Lipinski definition) is 4. The minimum absolute atomic E-state index is 0.0139. The second-order valence-corrected chi connectivity index (χ2v) is 10.6. The fourth-order valence-corrected chi connectivity index (χ4v) is 5.85. The predicted octanol–water partition coefficient (Wildman–Crippen LogP) is 5.02. The van der Waals surface area contributed by atoms with Crippen molar-refractivity contribution in [3.63, 3.8) is 0 Å². The number of nitrogens with zero attached hydrogens (tertiary/aromatic N) is 3. The van der Waals surface area contributed by atoms with Crippen molar-refractivity contribution in [2.24, 2.45) is 5.92 Å². The molecule has 6 nitrogen and oxygen atoms in total. The van der Waals surface area contributed by atoms with Gasteiger partial charge in [0.15, 0.2) is 11.0 Å². The molecule has 1 aromatic heterocycles. The molecule has 37 heavy (non-hydrogen) atoms. The number of hydrogen-bond donors (Lipinski definition) is 1. The van der Waals surface area contributed by atoms with Crippen molar-refractivity contribution in [3.05, 3.63) is 95.6 Å². The number of para-hydroxylation sites is 1. The lowest BCUT2D eigenvalue weighted by atomic mass is 10.0. The zero-order valence-corrected chi connectivity index (χ0v) is 21.5. The van der Waals surface area contributed by atoms with E-state index in [-0.39, 0.29) is 17.7 Å². The second-order valence-electron chi connectivity index (χ2n) is 9.40. The Kier molecular flexibility index (Phi) is 7.60. The summed E-state index contributed by atoms with van der Waals surface area (Å²) in [4.78, 5) is 22.3. The van der Waals surface area contributed by atoms with Crippen molar-refractivity contribution in [1.82, 2.24) is 14.8 Å². The minimum Gasteiger partial charge on any atom is -0.336 e. The van der Waals surface area contributed by atoms with Gasteiger partial charge in [-0.25, -0.2) is 8.60 Å². The molecule has 0 radical (unpaired) electrons. The van der Waals surface area contributed by atoms with Gasteiger partial charge in [0.05, 0.1) is 10.4 Å². The van der Waals surface area contributed by atoms with E-state index in [0.29, 0.717) is 41.2 Å². The monoisotopic (exact) mass is 516 g/mol. The first-order valence-electron chi connectivity index (χ1n) is 12.4. The van der Waals surface area contributed by atoms with E-state index in [1.165, 1.54) is 6.08 Å². The van der Waals surface area contributed by atoms with Gasteiger partial charge in [-0.15, -0.1) is 5.73 Å². The Bertz CT molecular complexity index is 1430. The molecule has 1 amide bonds. The third kappa shape index (κ3) is 5.88. The average Bonchev–Trinajstić information content (AvgIpc) is 3.12. The normalized spacial score (nSPS) is 18.9. The molecule has 1 saturated heterocycles. The fraction of sp³-hybridized carbons (Fsp3) is 0.276. The number of nitrogens with one attached hydrogen (secondary N) is 1. The van der Waals surface area contributed by atoms with E-state index >= 15 is 0 Å². The molecule has 0 saturated carbocycles. The van der Waals surface area contributed by atoms with Crippen LogP contribution in [-0.2, 0) is 11.0 Å². The van der Waals surface area contributed by atoms with E-state index in [2.05, 4.69) is 20.3 Å². The summed E-state index contributed by atoms with van der Waals surface area (Å²) in [6, 6.07) is 14.8. The van der Waals surface area contributed by atoms with Gasteiger partial charge in [-0.1, -0.05) is 18.2 Å². The maximum Gasteiger partial charge on any atom is 0.253 e.